The van der Waals surface area contributed by atoms with E-state index in [1.54, 1.807) is 48.5 Å². The SMILES string of the molecule is CC(=O)O.CCC(C)[C@H](NC(=O)[C@@H]1CCCN1C(=O)[C@H](CCCCN)NC(=O)CN)C(=O)N1CCC[C@H]1C(=O)N[C@@H](CC(N)=O)C(=O)N1CCC[C@H]1C(=O)N[C@@H](CC(C)C)C(=O)N[C@@H](CC(C)C)C(=O)NCC(=O)N[C@@H](CC(C)C)C(=O)N[C@@H](CC(=O)O)C(=O)N[C@@H](CO)C(=O)N[C@H](C(=O)O)C(C)O. The van der Waals surface area contributed by atoms with Gasteiger partial charge in [0.1, 0.15) is 66.5 Å². The van der Waals surface area contributed by atoms with E-state index in [1.807, 2.05) is 17.6 Å². The van der Waals surface area contributed by atoms with Crippen LogP contribution in [0.3, 0.4) is 0 Å². The van der Waals surface area contributed by atoms with Crippen molar-refractivity contribution in [3.63, 3.8) is 0 Å². The van der Waals surface area contributed by atoms with Gasteiger partial charge in [-0.2, -0.15) is 0 Å². The molecule has 0 aromatic heterocycles. The Morgan fingerprint density at radius 1 is 0.471 bits per heavy atom. The number of aliphatic carboxylic acids is 3. The smallest absolute Gasteiger partial charge is 0.328 e. The van der Waals surface area contributed by atoms with Crippen LogP contribution >= 0.6 is 0 Å². The zero-order chi connectivity index (χ0) is 79.0. The largest absolute Gasteiger partial charge is 0.481 e. The second-order valence-corrected chi connectivity index (χ2v) is 27.6. The summed E-state index contributed by atoms with van der Waals surface area (Å²) in [7, 11) is 0. The number of nitrogens with one attached hydrogen (secondary N) is 10. The Hall–Kier alpha value is -9.17. The van der Waals surface area contributed by atoms with Crippen LogP contribution in [0.15, 0.2) is 0 Å². The number of amides is 14. The standard InChI is InChI=1S/C64H108N16O20.C2H4O2/c1-10-35(8)51(76-60(95)46-19-14-21-78(46)61(96)37(16-11-12-20-65)69-48(84)29-66)63(98)80-23-15-18-45(80)59(94)74-42(27-47(67)83)62(97)79-22-13-17-44(79)58(93)73-40(26-34(6)7)55(90)71-38(24-32(2)3)53(88)68-30-49(85)70-39(25-33(4)5)54(89)72-41(28-50(86)87)56(91)75-43(31-81)57(92)77-52(36(9)82)64(99)100;1-2(3)4/h32-46,51-52,81-82H,10-31,65-66H2,1-9H3,(H2,67,83)(H,68,88)(H,69,84)(H,70,85)(H,71,90)(H,72,89)(H,73,93)(H,74,94)(H,75,91)(H,76,95)(H,77,92)(H,86,87)(H,99,100);1H3,(H,3,4)/t35?,36?,37-,38-,39-,40-,41-,42-,43-,44-,45-,46-,51-,52-;/m0./s1. The van der Waals surface area contributed by atoms with E-state index in [2.05, 4.69) is 42.5 Å². The molecule has 0 spiro atoms. The highest BCUT2D eigenvalue weighted by atomic mass is 16.4. The van der Waals surface area contributed by atoms with Crippen molar-refractivity contribution in [2.75, 3.05) is 45.9 Å². The minimum absolute atomic E-state index is 0.00593. The summed E-state index contributed by atoms with van der Waals surface area (Å²) in [6.07, 6.45) is -0.133. The van der Waals surface area contributed by atoms with E-state index in [-0.39, 0.29) is 95.3 Å². The summed E-state index contributed by atoms with van der Waals surface area (Å²) >= 11 is 0. The fourth-order valence-electron chi connectivity index (χ4n) is 12.0. The fraction of sp³-hybridized carbons (Fsp3) is 0.742. The van der Waals surface area contributed by atoms with Crippen molar-refractivity contribution in [2.24, 2.45) is 40.9 Å². The van der Waals surface area contributed by atoms with Gasteiger partial charge in [-0.1, -0.05) is 61.8 Å². The van der Waals surface area contributed by atoms with Crippen LogP contribution in [0.25, 0.3) is 0 Å². The molecule has 38 heteroatoms. The number of rotatable bonds is 42. The molecule has 3 aliphatic rings. The van der Waals surface area contributed by atoms with E-state index < -0.39 is 211 Å². The molecule has 14 amide bonds. The van der Waals surface area contributed by atoms with Crippen LogP contribution < -0.4 is 70.4 Å². The number of hydrogen-bond acceptors (Lipinski definition) is 21. The molecule has 0 aromatic rings. The Kier molecular flexibility index (Phi) is 39.5. The molecule has 0 aromatic carbocycles. The Labute approximate surface area is 604 Å². The van der Waals surface area contributed by atoms with Crippen LogP contribution in [-0.2, 0) is 81.5 Å². The van der Waals surface area contributed by atoms with Gasteiger partial charge in [0.2, 0.25) is 82.7 Å². The van der Waals surface area contributed by atoms with E-state index in [1.165, 1.54) is 9.80 Å². The second kappa shape index (κ2) is 45.1. The Morgan fingerprint density at radius 2 is 0.875 bits per heavy atom. The summed E-state index contributed by atoms with van der Waals surface area (Å²) in [6, 6.07) is -17.0. The Balaban J connectivity index is 0.00000894. The summed E-state index contributed by atoms with van der Waals surface area (Å²) in [4.78, 5) is 229. The first-order valence-electron chi connectivity index (χ1n) is 35.3. The molecule has 21 N–H and O–H groups in total. The number of likely N-dealkylation sites (tertiary alicyclic amines) is 3. The first-order chi connectivity index (χ1) is 48.7. The van der Waals surface area contributed by atoms with E-state index >= 15 is 0 Å². The molecule has 104 heavy (non-hydrogen) atoms. The predicted molar refractivity (Wildman–Crippen MR) is 370 cm³/mol. The molecule has 0 bridgehead atoms. The maximum atomic E-state index is 14.6. The molecule has 3 heterocycles. The highest BCUT2D eigenvalue weighted by Crippen LogP contribution is 2.26. The minimum Gasteiger partial charge on any atom is -0.481 e. The lowest BCUT2D eigenvalue weighted by Crippen LogP contribution is -2.61. The van der Waals surface area contributed by atoms with Crippen molar-refractivity contribution in [2.45, 2.75) is 244 Å². The average Bonchev–Trinajstić information content (AvgIpc) is 1.63. The van der Waals surface area contributed by atoms with Gasteiger partial charge in [-0.3, -0.25) is 76.7 Å². The van der Waals surface area contributed by atoms with E-state index in [0.717, 1.165) is 18.7 Å². The summed E-state index contributed by atoms with van der Waals surface area (Å²) < 4.78 is 0. The molecule has 588 valence electrons. The van der Waals surface area contributed by atoms with Gasteiger partial charge in [-0.05, 0) is 114 Å². The molecule has 2 unspecified atom stereocenters. The van der Waals surface area contributed by atoms with Gasteiger partial charge < -0.3 is 111 Å². The number of nitrogens with zero attached hydrogens (tertiary/aromatic N) is 3. The molecule has 0 radical (unpaired) electrons. The van der Waals surface area contributed by atoms with Crippen molar-refractivity contribution in [1.29, 1.82) is 0 Å². The van der Waals surface area contributed by atoms with Gasteiger partial charge in [-0.25, -0.2) is 4.79 Å². The van der Waals surface area contributed by atoms with Crippen molar-refractivity contribution in [3.05, 3.63) is 0 Å². The summed E-state index contributed by atoms with van der Waals surface area (Å²) in [5.74, 6) is -17.4. The third kappa shape index (κ3) is 30.3. The maximum absolute atomic E-state index is 14.6. The molecular weight excluding hydrogens is 1370 g/mol. The van der Waals surface area contributed by atoms with Crippen molar-refractivity contribution in [1.82, 2.24) is 67.9 Å². The third-order valence-electron chi connectivity index (χ3n) is 17.4. The lowest BCUT2D eigenvalue weighted by atomic mass is 9.96. The zero-order valence-electron chi connectivity index (χ0n) is 61.1. The molecular formula is C66H112N16O22. The average molecular weight is 1480 g/mol. The highest BCUT2D eigenvalue weighted by Gasteiger charge is 2.46. The van der Waals surface area contributed by atoms with Crippen molar-refractivity contribution < 1.29 is 107 Å². The van der Waals surface area contributed by atoms with E-state index in [0.29, 0.717) is 38.6 Å². The number of nitrogens with two attached hydrogens (primary N) is 3. The molecule has 0 saturated carbocycles. The molecule has 0 aliphatic carbocycles. The summed E-state index contributed by atoms with van der Waals surface area (Å²) in [6.45, 7) is 14.4. The van der Waals surface area contributed by atoms with Gasteiger partial charge in [0.25, 0.3) is 5.97 Å². The molecule has 3 saturated heterocycles. The monoisotopic (exact) mass is 1480 g/mol. The number of carboxylic acids is 3. The van der Waals surface area contributed by atoms with Gasteiger partial charge in [0.05, 0.1) is 38.6 Å². The number of primary amides is 1. The number of carbonyl (C=O) groups excluding carboxylic acids is 14. The zero-order valence-corrected chi connectivity index (χ0v) is 61.1. The van der Waals surface area contributed by atoms with Crippen LogP contribution in [0.4, 0.5) is 0 Å². The number of hydrogen-bond donors (Lipinski definition) is 18. The number of carboxylic acid groups (broad SMARTS) is 3. The number of carbonyl (C=O) groups is 17. The van der Waals surface area contributed by atoms with Crippen LogP contribution in [0.1, 0.15) is 166 Å². The maximum Gasteiger partial charge on any atom is 0.328 e. The van der Waals surface area contributed by atoms with Crippen LogP contribution in [-0.4, -0.2) is 265 Å². The van der Waals surface area contributed by atoms with Crippen LogP contribution in [0.5, 0.6) is 0 Å². The van der Waals surface area contributed by atoms with Crippen LogP contribution in [0, 0.1) is 23.7 Å². The first kappa shape index (κ1) is 90.9. The lowest BCUT2D eigenvalue weighted by Gasteiger charge is -2.34. The van der Waals surface area contributed by atoms with Crippen molar-refractivity contribution >= 4 is 101 Å². The molecule has 14 atom stereocenters. The van der Waals surface area contributed by atoms with Crippen LogP contribution in [0.2, 0.25) is 0 Å². The van der Waals surface area contributed by atoms with Gasteiger partial charge in [0.15, 0.2) is 6.04 Å². The topological polar surface area (TPSA) is 599 Å². The van der Waals surface area contributed by atoms with Gasteiger partial charge >= 0.3 is 11.9 Å². The third-order valence-corrected chi connectivity index (χ3v) is 17.4. The normalized spacial score (nSPS) is 18.7. The van der Waals surface area contributed by atoms with E-state index in [4.69, 9.17) is 27.1 Å². The minimum atomic E-state index is -1.93. The van der Waals surface area contributed by atoms with E-state index in [9.17, 15) is 97.1 Å². The molecule has 3 rings (SSSR count). The number of aliphatic hydroxyl groups excluding tert-OH is 2. The quantitative estimate of drug-likeness (QED) is 0.0254. The summed E-state index contributed by atoms with van der Waals surface area (Å²) in [5, 5.41) is 70.5. The second-order valence-electron chi connectivity index (χ2n) is 27.6. The Morgan fingerprint density at radius 3 is 1.30 bits per heavy atom. The van der Waals surface area contributed by atoms with Gasteiger partial charge in [-0.15, -0.1) is 0 Å². The fourth-order valence-corrected chi connectivity index (χ4v) is 12.0. The number of unbranched alkanes of at least 4 members (excludes halogenated alkanes) is 1. The molecule has 38 nitrogen and oxygen atoms in total. The van der Waals surface area contributed by atoms with Crippen molar-refractivity contribution in [3.8, 4) is 0 Å². The number of aliphatic hydroxyl groups is 2. The Bertz CT molecular complexity index is 3000. The first-order valence-corrected chi connectivity index (χ1v) is 35.3. The lowest BCUT2D eigenvalue weighted by molar-refractivity contribution is -0.146. The predicted octanol–water partition coefficient (Wildman–Crippen LogP) is -5.39. The highest BCUT2D eigenvalue weighted by molar-refractivity contribution is 6.01. The molecule has 3 aliphatic heterocycles. The van der Waals surface area contributed by atoms with Gasteiger partial charge in [0, 0.05) is 26.6 Å². The summed E-state index contributed by atoms with van der Waals surface area (Å²) in [5.41, 5.74) is 16.9. The molecule has 3 fully saturated rings.